The maximum Gasteiger partial charge on any atom is 0.449 e. The maximum atomic E-state index is 9.83. The van der Waals surface area contributed by atoms with E-state index in [1.165, 1.54) is 32.1 Å². The summed E-state index contributed by atoms with van der Waals surface area (Å²) in [5.41, 5.74) is 6.46. The lowest BCUT2D eigenvalue weighted by Crippen LogP contribution is -1.85. The summed E-state index contributed by atoms with van der Waals surface area (Å²) in [6.07, 6.45) is 8.07. The highest BCUT2D eigenvalue weighted by molar-refractivity contribution is 5.64. The van der Waals surface area contributed by atoms with Crippen LogP contribution in [0, 0.1) is 5.53 Å². The molecule has 1 amide bonds. The Morgan fingerprint density at radius 3 is 1.89 bits per heavy atom. The number of carbonyl (C=O) groups is 1. The Morgan fingerprint density at radius 2 is 1.47 bits per heavy atom. The Balaban J connectivity index is 0. The second kappa shape index (κ2) is 19.0. The quantitative estimate of drug-likeness (QED) is 0.417. The fourth-order valence-electron chi connectivity index (χ4n) is 1.34. The first-order valence-corrected chi connectivity index (χ1v) is 7.12. The predicted molar refractivity (Wildman–Crippen MR) is 76.0 cm³/mol. The summed E-state index contributed by atoms with van der Waals surface area (Å²) in [5, 5.41) is 17.7. The minimum atomic E-state index is -1.21. The van der Waals surface area contributed by atoms with Crippen LogP contribution in [-0.4, -0.2) is 24.3 Å². The first-order chi connectivity index (χ1) is 9.18. The molecule has 0 aromatic heterocycles. The Kier molecular flexibility index (Phi) is 20.0. The molecule has 0 aromatic carbocycles. The van der Waals surface area contributed by atoms with Gasteiger partial charge in [-0.25, -0.2) is 10.3 Å². The Morgan fingerprint density at radius 1 is 0.947 bits per heavy atom. The SMILES string of the molecule is CCCCCCN=N.CCCCCCN=NC(=O)O. The molecule has 0 aliphatic carbocycles. The standard InChI is InChI=1S/C7H14N2O2.C6H14N2/c1-2-3-4-5-6-8-9-7(10)11;1-2-3-4-5-6-8-7/h2-6H2,1H3,(H,10,11);7H,2-6H2,1H3. The fraction of sp³-hybridized carbons (Fsp3) is 0.923. The van der Waals surface area contributed by atoms with Gasteiger partial charge in [-0.1, -0.05) is 57.5 Å². The molecule has 0 unspecified atom stereocenters. The molecule has 112 valence electrons. The van der Waals surface area contributed by atoms with Crippen LogP contribution < -0.4 is 0 Å². The number of hydrogen-bond acceptors (Lipinski definition) is 4. The summed E-state index contributed by atoms with van der Waals surface area (Å²) in [6, 6.07) is 0. The molecule has 0 rings (SSSR count). The fourth-order valence-corrected chi connectivity index (χ4v) is 1.34. The van der Waals surface area contributed by atoms with Gasteiger partial charge in [0, 0.05) is 0 Å². The number of amides is 1. The lowest BCUT2D eigenvalue weighted by Gasteiger charge is -1.91. The van der Waals surface area contributed by atoms with Gasteiger partial charge in [-0.15, -0.1) is 0 Å². The molecule has 0 aromatic rings. The van der Waals surface area contributed by atoms with Crippen molar-refractivity contribution in [2.24, 2.45) is 15.3 Å². The van der Waals surface area contributed by atoms with Gasteiger partial charge in [-0.2, -0.15) is 10.2 Å². The van der Waals surface area contributed by atoms with Crippen LogP contribution in [0.2, 0.25) is 0 Å². The molecule has 19 heavy (non-hydrogen) atoms. The molecule has 0 spiro atoms. The molecule has 0 fully saturated rings. The van der Waals surface area contributed by atoms with Crippen molar-refractivity contribution in [3.63, 3.8) is 0 Å². The van der Waals surface area contributed by atoms with E-state index in [1.54, 1.807) is 0 Å². The zero-order valence-corrected chi connectivity index (χ0v) is 12.3. The molecule has 6 heteroatoms. The number of nitrogens with zero attached hydrogens (tertiary/aromatic N) is 3. The molecule has 0 saturated heterocycles. The molecule has 0 atom stereocenters. The van der Waals surface area contributed by atoms with Crippen LogP contribution in [0.4, 0.5) is 4.79 Å². The van der Waals surface area contributed by atoms with Gasteiger partial charge in [-0.05, 0) is 12.8 Å². The molecule has 0 radical (unpaired) electrons. The van der Waals surface area contributed by atoms with Gasteiger partial charge in [0.1, 0.15) is 0 Å². The van der Waals surface area contributed by atoms with Crippen LogP contribution in [0.5, 0.6) is 0 Å². The van der Waals surface area contributed by atoms with Crippen LogP contribution in [0.1, 0.15) is 65.2 Å². The number of azo groups is 1. The third-order valence-electron chi connectivity index (χ3n) is 2.39. The summed E-state index contributed by atoms with van der Waals surface area (Å²) in [4.78, 5) is 9.83. The van der Waals surface area contributed by atoms with Crippen LogP contribution in [-0.2, 0) is 0 Å². The normalized spacial score (nSPS) is 10.0. The molecule has 0 heterocycles. The minimum Gasteiger partial charge on any atom is -0.462 e. The third kappa shape index (κ3) is 26.3. The van der Waals surface area contributed by atoms with Crippen LogP contribution in [0.15, 0.2) is 15.3 Å². The molecule has 0 aliphatic heterocycles. The van der Waals surface area contributed by atoms with Crippen molar-refractivity contribution >= 4 is 6.09 Å². The van der Waals surface area contributed by atoms with Gasteiger partial charge in [0.05, 0.1) is 13.1 Å². The highest BCUT2D eigenvalue weighted by atomic mass is 16.4. The third-order valence-corrected chi connectivity index (χ3v) is 2.39. The van der Waals surface area contributed by atoms with E-state index >= 15 is 0 Å². The molecular weight excluding hydrogens is 244 g/mol. The maximum absolute atomic E-state index is 9.83. The van der Waals surface area contributed by atoms with Crippen molar-refractivity contribution in [3.05, 3.63) is 0 Å². The lowest BCUT2D eigenvalue weighted by molar-refractivity contribution is 0.203. The average Bonchev–Trinajstić information content (AvgIpc) is 2.39. The van der Waals surface area contributed by atoms with E-state index in [2.05, 4.69) is 29.2 Å². The molecule has 6 nitrogen and oxygen atoms in total. The van der Waals surface area contributed by atoms with Crippen LogP contribution in [0.25, 0.3) is 0 Å². The van der Waals surface area contributed by atoms with Crippen LogP contribution in [0.3, 0.4) is 0 Å². The van der Waals surface area contributed by atoms with E-state index in [0.29, 0.717) is 6.54 Å². The largest absolute Gasteiger partial charge is 0.462 e. The van der Waals surface area contributed by atoms with Crippen molar-refractivity contribution in [1.82, 2.24) is 0 Å². The summed E-state index contributed by atoms with van der Waals surface area (Å²) in [6.45, 7) is 5.56. The second-order valence-electron chi connectivity index (χ2n) is 4.25. The van der Waals surface area contributed by atoms with Crippen molar-refractivity contribution < 1.29 is 9.90 Å². The Bertz CT molecular complexity index is 233. The summed E-state index contributed by atoms with van der Waals surface area (Å²) in [7, 11) is 0. The monoisotopic (exact) mass is 272 g/mol. The van der Waals surface area contributed by atoms with Crippen molar-refractivity contribution in [1.29, 1.82) is 5.53 Å². The number of nitrogens with one attached hydrogen (secondary N) is 1. The van der Waals surface area contributed by atoms with E-state index in [0.717, 1.165) is 25.8 Å². The molecule has 0 bridgehead atoms. The second-order valence-corrected chi connectivity index (χ2v) is 4.25. The van der Waals surface area contributed by atoms with E-state index < -0.39 is 6.09 Å². The first kappa shape index (κ1) is 20.0. The predicted octanol–water partition coefficient (Wildman–Crippen LogP) is 5.29. The average molecular weight is 272 g/mol. The first-order valence-electron chi connectivity index (χ1n) is 7.12. The zero-order valence-electron chi connectivity index (χ0n) is 12.3. The van der Waals surface area contributed by atoms with E-state index in [1.807, 2.05) is 0 Å². The summed E-state index contributed by atoms with van der Waals surface area (Å²) in [5.74, 6) is 0. The Labute approximate surface area is 116 Å². The Hall–Kier alpha value is -1.33. The lowest BCUT2D eigenvalue weighted by atomic mass is 10.2. The minimum absolute atomic E-state index is 0.534. The van der Waals surface area contributed by atoms with E-state index in [9.17, 15) is 4.79 Å². The highest BCUT2D eigenvalue weighted by Gasteiger charge is 1.88. The van der Waals surface area contributed by atoms with Crippen LogP contribution >= 0.6 is 0 Å². The van der Waals surface area contributed by atoms with E-state index in [4.69, 9.17) is 10.6 Å². The van der Waals surface area contributed by atoms with Crippen molar-refractivity contribution in [2.75, 3.05) is 13.1 Å². The molecular formula is C13H28N4O2. The van der Waals surface area contributed by atoms with Crippen molar-refractivity contribution in [2.45, 2.75) is 65.2 Å². The number of hydrogen-bond donors (Lipinski definition) is 2. The topological polar surface area (TPSA) is 98.2 Å². The number of rotatable bonds is 10. The van der Waals surface area contributed by atoms with Gasteiger partial charge >= 0.3 is 6.09 Å². The molecule has 0 saturated carbocycles. The van der Waals surface area contributed by atoms with E-state index in [-0.39, 0.29) is 0 Å². The van der Waals surface area contributed by atoms with Gasteiger partial charge < -0.3 is 5.11 Å². The van der Waals surface area contributed by atoms with Gasteiger partial charge in [0.25, 0.3) is 0 Å². The number of unbranched alkanes of at least 4 members (excludes halogenated alkanes) is 6. The van der Waals surface area contributed by atoms with Gasteiger partial charge in [0.2, 0.25) is 0 Å². The molecule has 0 aliphatic rings. The molecule has 2 N–H and O–H groups in total. The van der Waals surface area contributed by atoms with Gasteiger partial charge in [-0.3, -0.25) is 0 Å². The van der Waals surface area contributed by atoms with Crippen molar-refractivity contribution in [3.8, 4) is 0 Å². The zero-order chi connectivity index (χ0) is 14.8. The highest BCUT2D eigenvalue weighted by Crippen LogP contribution is 1.98. The summed E-state index contributed by atoms with van der Waals surface area (Å²) < 4.78 is 0. The smallest absolute Gasteiger partial charge is 0.449 e. The van der Waals surface area contributed by atoms with Gasteiger partial charge in [0.15, 0.2) is 0 Å². The summed E-state index contributed by atoms with van der Waals surface area (Å²) >= 11 is 0. The number of carboxylic acid groups (broad SMARTS) is 1.